The zero-order valence-electron chi connectivity index (χ0n) is 26.3. The van der Waals surface area contributed by atoms with E-state index in [1.807, 2.05) is 0 Å². The molecule has 0 saturated carbocycles. The van der Waals surface area contributed by atoms with Gasteiger partial charge in [-0.3, -0.25) is 0 Å². The Kier molecular flexibility index (Phi) is 5.05. The van der Waals surface area contributed by atoms with E-state index in [1.54, 1.807) is 0 Å². The van der Waals surface area contributed by atoms with Crippen LogP contribution in [0.1, 0.15) is 45.2 Å². The first kappa shape index (κ1) is 26.2. The van der Waals surface area contributed by atoms with Crippen molar-refractivity contribution in [2.24, 2.45) is 0 Å². The van der Waals surface area contributed by atoms with Gasteiger partial charge in [0.1, 0.15) is 31.1 Å². The molecule has 0 aromatic heterocycles. The number of nitrogens with zero attached hydrogens (tertiary/aromatic N) is 1. The van der Waals surface area contributed by atoms with Crippen molar-refractivity contribution in [1.29, 1.82) is 0 Å². The summed E-state index contributed by atoms with van der Waals surface area (Å²) in [6.45, 7) is 14.5. The van der Waals surface area contributed by atoms with Crippen molar-refractivity contribution in [2.45, 2.75) is 58.0 Å². The minimum atomic E-state index is -1.90. The fraction of sp³-hybridized carbons (Fsp3) is 0.231. The predicted molar refractivity (Wildman–Crippen MR) is 186 cm³/mol. The summed E-state index contributed by atoms with van der Waals surface area (Å²) in [7, 11) is -1.90. The fourth-order valence-electron chi connectivity index (χ4n) is 9.10. The number of para-hydroxylation sites is 3. The van der Waals surface area contributed by atoms with Crippen molar-refractivity contribution >= 4 is 58.6 Å². The van der Waals surface area contributed by atoms with Gasteiger partial charge in [-0.2, -0.15) is 0 Å². The molecule has 3 aliphatic heterocycles. The quantitative estimate of drug-likeness (QED) is 0.193. The first-order chi connectivity index (χ1) is 21.1. The maximum atomic E-state index is 7.16. The van der Waals surface area contributed by atoms with Gasteiger partial charge in [0.25, 0.3) is 6.71 Å². The van der Waals surface area contributed by atoms with Crippen molar-refractivity contribution in [3.8, 4) is 23.0 Å². The van der Waals surface area contributed by atoms with Crippen LogP contribution >= 0.6 is 0 Å². The van der Waals surface area contributed by atoms with E-state index in [0.29, 0.717) is 0 Å². The van der Waals surface area contributed by atoms with Crippen LogP contribution in [0.15, 0.2) is 97.1 Å². The lowest BCUT2D eigenvalue weighted by molar-refractivity contribution is 0.394. The molecule has 0 unspecified atom stereocenters. The number of benzene rings is 5. The molecule has 0 bridgehead atoms. The minimum Gasteiger partial charge on any atom is -0.458 e. The molecule has 5 aromatic rings. The van der Waals surface area contributed by atoms with E-state index in [-0.39, 0.29) is 17.5 Å². The summed E-state index contributed by atoms with van der Waals surface area (Å²) in [5.41, 5.74) is 10.0. The Bertz CT molecular complexity index is 2010. The lowest BCUT2D eigenvalue weighted by atomic mass is 9.34. The number of anilines is 3. The molecule has 3 heterocycles. The Balaban J connectivity index is 1.32. The molecule has 0 saturated heterocycles. The molecule has 0 spiro atoms. The Morgan fingerprint density at radius 1 is 0.659 bits per heavy atom. The number of rotatable bonds is 1. The van der Waals surface area contributed by atoms with Crippen molar-refractivity contribution in [3.05, 3.63) is 108 Å². The molecule has 0 N–H and O–H groups in total. The first-order valence-electron chi connectivity index (χ1n) is 15.9. The normalized spacial score (nSPS) is 18.5. The molecule has 5 heteroatoms. The van der Waals surface area contributed by atoms with Crippen LogP contribution < -0.4 is 41.1 Å². The molecule has 216 valence electrons. The van der Waals surface area contributed by atoms with Crippen molar-refractivity contribution in [3.63, 3.8) is 0 Å². The van der Waals surface area contributed by atoms with Gasteiger partial charge in [0, 0.05) is 34.5 Å². The molecule has 0 radical (unpaired) electrons. The molecular weight excluding hydrogens is 553 g/mol. The maximum Gasteiger partial charge on any atom is 0.260 e. The second kappa shape index (κ2) is 8.48. The molecule has 3 nitrogen and oxygen atoms in total. The van der Waals surface area contributed by atoms with Crippen LogP contribution in [-0.4, -0.2) is 14.8 Å². The highest BCUT2D eigenvalue weighted by atomic mass is 28.3. The van der Waals surface area contributed by atoms with E-state index in [9.17, 15) is 0 Å². The Hall–Kier alpha value is -4.22. The highest BCUT2D eigenvalue weighted by Crippen LogP contribution is 2.54. The summed E-state index contributed by atoms with van der Waals surface area (Å²) < 4.78 is 13.9. The van der Waals surface area contributed by atoms with Gasteiger partial charge >= 0.3 is 0 Å². The maximum absolute atomic E-state index is 7.16. The van der Waals surface area contributed by atoms with Crippen LogP contribution in [0, 0.1) is 0 Å². The van der Waals surface area contributed by atoms with Gasteiger partial charge in [0.05, 0.1) is 5.69 Å². The second-order valence-electron chi connectivity index (χ2n) is 14.9. The lowest BCUT2D eigenvalue weighted by Gasteiger charge is -2.42. The van der Waals surface area contributed by atoms with Gasteiger partial charge < -0.3 is 14.4 Å². The average Bonchev–Trinajstić information content (AvgIpc) is 3.20. The average molecular weight is 590 g/mol. The van der Waals surface area contributed by atoms with Gasteiger partial charge in [-0.25, -0.2) is 0 Å². The molecule has 0 amide bonds. The van der Waals surface area contributed by atoms with Crippen molar-refractivity contribution in [1.82, 2.24) is 0 Å². The number of fused-ring (bicyclic) bond motifs is 8. The standard InChI is InChI=1S/C39H36BNO2Si/c1-38(2)23-39(3,4)35-25(38)19-20-27-37(35)43-32-22-24(21-31-36(32)40(27)26-13-7-10-16-30(26)42-31)41-28-14-8-11-17-33(28)44(5,6)34-18-12-9-15-29(34)41/h7-22H,23H2,1-6H3. The number of ether oxygens (including phenoxy) is 2. The number of hydrogen-bond acceptors (Lipinski definition) is 3. The zero-order chi connectivity index (χ0) is 30.2. The van der Waals surface area contributed by atoms with Crippen molar-refractivity contribution < 1.29 is 9.47 Å². The van der Waals surface area contributed by atoms with Crippen LogP contribution in [0.4, 0.5) is 17.1 Å². The SMILES string of the molecule is CC1(C)CC(C)(C)c2c1ccc1c2Oc2cc(N3c4ccccc4[Si](C)(C)c4ccccc43)cc3c2B1c1ccccc1O3. The van der Waals surface area contributed by atoms with E-state index >= 15 is 0 Å². The van der Waals surface area contributed by atoms with Gasteiger partial charge in [-0.1, -0.05) is 108 Å². The monoisotopic (exact) mass is 589 g/mol. The number of hydrogen-bond donors (Lipinski definition) is 0. The zero-order valence-corrected chi connectivity index (χ0v) is 27.3. The molecule has 4 aliphatic rings. The first-order valence-corrected chi connectivity index (χ1v) is 18.9. The van der Waals surface area contributed by atoms with Crippen LogP contribution in [0.5, 0.6) is 23.0 Å². The summed E-state index contributed by atoms with van der Waals surface area (Å²) in [6.07, 6.45) is 1.10. The third-order valence-electron chi connectivity index (χ3n) is 10.7. The summed E-state index contributed by atoms with van der Waals surface area (Å²) in [4.78, 5) is 2.43. The molecule has 0 fully saturated rings. The van der Waals surface area contributed by atoms with E-state index in [2.05, 4.69) is 143 Å². The fourth-order valence-corrected chi connectivity index (χ4v) is 12.1. The smallest absolute Gasteiger partial charge is 0.260 e. The molecule has 0 atom stereocenters. The highest BCUT2D eigenvalue weighted by molar-refractivity contribution is 7.02. The lowest BCUT2D eigenvalue weighted by Crippen LogP contribution is -2.59. The summed E-state index contributed by atoms with van der Waals surface area (Å²) in [5, 5.41) is 2.89. The van der Waals surface area contributed by atoms with Crippen molar-refractivity contribution in [2.75, 3.05) is 4.90 Å². The highest BCUT2D eigenvalue weighted by Gasteiger charge is 2.49. The second-order valence-corrected chi connectivity index (χ2v) is 19.2. The van der Waals surface area contributed by atoms with Gasteiger partial charge in [0.15, 0.2) is 0 Å². The summed E-state index contributed by atoms with van der Waals surface area (Å²) in [5.74, 6) is 3.75. The Morgan fingerprint density at radius 3 is 1.98 bits per heavy atom. The van der Waals surface area contributed by atoms with Gasteiger partial charge in [0.2, 0.25) is 0 Å². The third-order valence-corrected chi connectivity index (χ3v) is 14.3. The largest absolute Gasteiger partial charge is 0.458 e. The molecular formula is C39H36BNO2Si. The molecule has 44 heavy (non-hydrogen) atoms. The van der Waals surface area contributed by atoms with Gasteiger partial charge in [-0.05, 0) is 62.3 Å². The molecule has 1 aliphatic carbocycles. The summed E-state index contributed by atoms with van der Waals surface area (Å²) >= 11 is 0. The summed E-state index contributed by atoms with van der Waals surface area (Å²) in [6, 6.07) is 35.7. The van der Waals surface area contributed by atoms with E-state index in [4.69, 9.17) is 9.47 Å². The Morgan fingerprint density at radius 2 is 1.27 bits per heavy atom. The molecule has 5 aromatic carbocycles. The van der Waals surface area contributed by atoms with Crippen LogP contribution in [-0.2, 0) is 10.8 Å². The minimum absolute atomic E-state index is 0.00770. The molecule has 9 rings (SSSR count). The van der Waals surface area contributed by atoms with Crippen LogP contribution in [0.3, 0.4) is 0 Å². The van der Waals surface area contributed by atoms with E-state index in [1.165, 1.54) is 43.8 Å². The van der Waals surface area contributed by atoms with Crippen LogP contribution in [0.2, 0.25) is 13.1 Å². The topological polar surface area (TPSA) is 21.7 Å². The Labute approximate surface area is 261 Å². The third kappa shape index (κ3) is 3.34. The van der Waals surface area contributed by atoms with Gasteiger partial charge in [-0.15, -0.1) is 0 Å². The van der Waals surface area contributed by atoms with E-state index < -0.39 is 8.07 Å². The predicted octanol–water partition coefficient (Wildman–Crippen LogP) is 6.98. The van der Waals surface area contributed by atoms with E-state index in [0.717, 1.165) is 40.6 Å². The van der Waals surface area contributed by atoms with Crippen LogP contribution in [0.25, 0.3) is 0 Å².